The second-order valence-corrected chi connectivity index (χ2v) is 4.59. The van der Waals surface area contributed by atoms with E-state index in [1.807, 2.05) is 0 Å². The molecule has 1 aliphatic carbocycles. The van der Waals surface area contributed by atoms with E-state index in [0.717, 1.165) is 5.92 Å². The topological polar surface area (TPSA) is 0 Å². The predicted octanol–water partition coefficient (Wildman–Crippen LogP) is 3.71. The molecule has 12 heavy (non-hydrogen) atoms. The first-order valence-corrected chi connectivity index (χ1v) is 5.30. The maximum atomic E-state index is 3.51. The average Bonchev–Trinajstić information content (AvgIpc) is 2.81. The first-order chi connectivity index (χ1) is 5.75. The van der Waals surface area contributed by atoms with E-state index in [1.165, 1.54) is 34.9 Å². The largest absolute Gasteiger partial charge is 0.0579 e. The molecule has 0 N–H and O–H groups in total. The number of rotatable bonds is 2. The van der Waals surface area contributed by atoms with Gasteiger partial charge in [0.2, 0.25) is 0 Å². The van der Waals surface area contributed by atoms with Gasteiger partial charge in [-0.25, -0.2) is 0 Å². The number of hydrogen-bond donors (Lipinski definition) is 0. The monoisotopic (exact) mass is 224 g/mol. The summed E-state index contributed by atoms with van der Waals surface area (Å²) in [5.74, 6) is 0.991. The SMILES string of the molecule is Cc1cc(CC2CC2)ccc1Br. The van der Waals surface area contributed by atoms with Crippen LogP contribution in [0.4, 0.5) is 0 Å². The minimum absolute atomic E-state index is 0.991. The van der Waals surface area contributed by atoms with E-state index in [2.05, 4.69) is 41.1 Å². The van der Waals surface area contributed by atoms with Gasteiger partial charge < -0.3 is 0 Å². The first kappa shape index (κ1) is 8.31. The molecular weight excluding hydrogens is 212 g/mol. The summed E-state index contributed by atoms with van der Waals surface area (Å²) in [5, 5.41) is 0. The van der Waals surface area contributed by atoms with Crippen LogP contribution in [0, 0.1) is 12.8 Å². The van der Waals surface area contributed by atoms with Gasteiger partial charge in [-0.3, -0.25) is 0 Å². The van der Waals surface area contributed by atoms with Gasteiger partial charge in [0.25, 0.3) is 0 Å². The van der Waals surface area contributed by atoms with E-state index >= 15 is 0 Å². The van der Waals surface area contributed by atoms with Gasteiger partial charge in [0, 0.05) is 4.47 Å². The zero-order valence-electron chi connectivity index (χ0n) is 7.31. The maximum absolute atomic E-state index is 3.51. The molecule has 0 bridgehead atoms. The maximum Gasteiger partial charge on any atom is 0.0204 e. The molecule has 1 heteroatoms. The molecule has 1 aliphatic rings. The van der Waals surface area contributed by atoms with Crippen molar-refractivity contribution >= 4 is 15.9 Å². The Morgan fingerprint density at radius 3 is 2.75 bits per heavy atom. The number of halogens is 1. The molecule has 2 rings (SSSR count). The summed E-state index contributed by atoms with van der Waals surface area (Å²) in [6.45, 7) is 2.15. The molecule has 0 nitrogen and oxygen atoms in total. The lowest BCUT2D eigenvalue weighted by atomic mass is 10.1. The second kappa shape index (κ2) is 3.21. The summed E-state index contributed by atoms with van der Waals surface area (Å²) in [7, 11) is 0. The third kappa shape index (κ3) is 1.89. The van der Waals surface area contributed by atoms with Crippen LogP contribution in [0.15, 0.2) is 22.7 Å². The molecular formula is C11H13Br. The molecule has 0 unspecified atom stereocenters. The minimum atomic E-state index is 0.991. The molecule has 0 aliphatic heterocycles. The van der Waals surface area contributed by atoms with Crippen molar-refractivity contribution in [3.8, 4) is 0 Å². The van der Waals surface area contributed by atoms with E-state index in [9.17, 15) is 0 Å². The lowest BCUT2D eigenvalue weighted by molar-refractivity contribution is 0.831. The van der Waals surface area contributed by atoms with Crippen LogP contribution >= 0.6 is 15.9 Å². The van der Waals surface area contributed by atoms with Crippen molar-refractivity contribution in [3.63, 3.8) is 0 Å². The highest BCUT2D eigenvalue weighted by molar-refractivity contribution is 9.10. The zero-order chi connectivity index (χ0) is 8.55. The third-order valence-electron chi connectivity index (χ3n) is 2.44. The summed E-state index contributed by atoms with van der Waals surface area (Å²) in [6.07, 6.45) is 4.17. The van der Waals surface area contributed by atoms with Gasteiger partial charge in [-0.15, -0.1) is 0 Å². The standard InChI is InChI=1S/C11H13Br/c1-8-6-10(4-5-11(8)12)7-9-2-3-9/h4-6,9H,2-3,7H2,1H3. The van der Waals surface area contributed by atoms with Gasteiger partial charge in [-0.1, -0.05) is 28.1 Å². The average molecular weight is 225 g/mol. The predicted molar refractivity (Wildman–Crippen MR) is 55.3 cm³/mol. The van der Waals surface area contributed by atoms with Gasteiger partial charge >= 0.3 is 0 Å². The van der Waals surface area contributed by atoms with Crippen molar-refractivity contribution in [2.75, 3.05) is 0 Å². The highest BCUT2D eigenvalue weighted by Gasteiger charge is 2.21. The Kier molecular flexibility index (Phi) is 2.22. The fraction of sp³-hybridized carbons (Fsp3) is 0.455. The van der Waals surface area contributed by atoms with Crippen molar-refractivity contribution in [3.05, 3.63) is 33.8 Å². The Bertz CT molecular complexity index is 287. The van der Waals surface area contributed by atoms with Crippen molar-refractivity contribution in [1.82, 2.24) is 0 Å². The van der Waals surface area contributed by atoms with Gasteiger partial charge in [-0.2, -0.15) is 0 Å². The third-order valence-corrected chi connectivity index (χ3v) is 3.33. The molecule has 0 amide bonds. The van der Waals surface area contributed by atoms with Gasteiger partial charge in [-0.05, 0) is 49.3 Å². The van der Waals surface area contributed by atoms with Gasteiger partial charge in [0.05, 0.1) is 0 Å². The Morgan fingerprint density at radius 2 is 2.17 bits per heavy atom. The summed E-state index contributed by atoms with van der Waals surface area (Å²) < 4.78 is 1.22. The van der Waals surface area contributed by atoms with Gasteiger partial charge in [0.15, 0.2) is 0 Å². The molecule has 1 aromatic rings. The van der Waals surface area contributed by atoms with Crippen LogP contribution < -0.4 is 0 Å². The Hall–Kier alpha value is -0.300. The highest BCUT2D eigenvalue weighted by Crippen LogP contribution is 2.33. The summed E-state index contributed by atoms with van der Waals surface area (Å²) in [5.41, 5.74) is 2.85. The second-order valence-electron chi connectivity index (χ2n) is 3.73. The van der Waals surface area contributed by atoms with Crippen LogP contribution in [0.2, 0.25) is 0 Å². The molecule has 0 heterocycles. The summed E-state index contributed by atoms with van der Waals surface area (Å²) >= 11 is 3.51. The molecule has 0 spiro atoms. The van der Waals surface area contributed by atoms with Crippen LogP contribution in [0.5, 0.6) is 0 Å². The molecule has 0 aromatic heterocycles. The molecule has 0 saturated heterocycles. The number of hydrogen-bond acceptors (Lipinski definition) is 0. The fourth-order valence-corrected chi connectivity index (χ4v) is 1.74. The molecule has 0 atom stereocenters. The van der Waals surface area contributed by atoms with Crippen LogP contribution in [-0.4, -0.2) is 0 Å². The summed E-state index contributed by atoms with van der Waals surface area (Å²) in [6, 6.07) is 6.69. The van der Waals surface area contributed by atoms with Crippen LogP contribution in [-0.2, 0) is 6.42 Å². The molecule has 1 aromatic carbocycles. The van der Waals surface area contributed by atoms with Gasteiger partial charge in [0.1, 0.15) is 0 Å². The van der Waals surface area contributed by atoms with Crippen molar-refractivity contribution in [2.45, 2.75) is 26.2 Å². The van der Waals surface area contributed by atoms with Crippen molar-refractivity contribution < 1.29 is 0 Å². The van der Waals surface area contributed by atoms with E-state index in [4.69, 9.17) is 0 Å². The smallest absolute Gasteiger partial charge is 0.0204 e. The highest BCUT2D eigenvalue weighted by atomic mass is 79.9. The van der Waals surface area contributed by atoms with Crippen LogP contribution in [0.1, 0.15) is 24.0 Å². The number of benzene rings is 1. The number of aryl methyl sites for hydroxylation is 1. The van der Waals surface area contributed by atoms with E-state index in [0.29, 0.717) is 0 Å². The quantitative estimate of drug-likeness (QED) is 0.719. The fourth-order valence-electron chi connectivity index (χ4n) is 1.49. The Balaban J connectivity index is 2.15. The Morgan fingerprint density at radius 1 is 1.42 bits per heavy atom. The van der Waals surface area contributed by atoms with Crippen LogP contribution in [0.3, 0.4) is 0 Å². The lowest BCUT2D eigenvalue weighted by Crippen LogP contribution is -1.87. The molecule has 1 fully saturated rings. The molecule has 64 valence electrons. The van der Waals surface area contributed by atoms with Crippen molar-refractivity contribution in [1.29, 1.82) is 0 Å². The molecule has 0 radical (unpaired) electrons. The van der Waals surface area contributed by atoms with E-state index < -0.39 is 0 Å². The molecule has 1 saturated carbocycles. The van der Waals surface area contributed by atoms with E-state index in [1.54, 1.807) is 0 Å². The lowest BCUT2D eigenvalue weighted by Gasteiger charge is -2.02. The zero-order valence-corrected chi connectivity index (χ0v) is 8.89. The van der Waals surface area contributed by atoms with Crippen LogP contribution in [0.25, 0.3) is 0 Å². The first-order valence-electron chi connectivity index (χ1n) is 4.51. The summed E-state index contributed by atoms with van der Waals surface area (Å²) in [4.78, 5) is 0. The minimum Gasteiger partial charge on any atom is -0.0579 e. The normalized spacial score (nSPS) is 16.5. The van der Waals surface area contributed by atoms with Crippen molar-refractivity contribution in [2.24, 2.45) is 5.92 Å². The van der Waals surface area contributed by atoms with E-state index in [-0.39, 0.29) is 0 Å². The Labute approximate surface area is 82.1 Å².